The van der Waals surface area contributed by atoms with Gasteiger partial charge in [-0.3, -0.25) is 4.79 Å². The minimum atomic E-state index is -0.286. The Kier molecular flexibility index (Phi) is 5.11. The van der Waals surface area contributed by atoms with Gasteiger partial charge in [0, 0.05) is 32.4 Å². The van der Waals surface area contributed by atoms with Crippen LogP contribution < -0.4 is 0 Å². The van der Waals surface area contributed by atoms with E-state index in [0.29, 0.717) is 44.1 Å². The summed E-state index contributed by atoms with van der Waals surface area (Å²) in [5, 5.41) is 13.5. The number of hydrogen-bond acceptors (Lipinski definition) is 5. The molecule has 0 saturated carbocycles. The number of aliphatic hydroxyl groups excluding tert-OH is 1. The number of rotatable bonds is 5. The lowest BCUT2D eigenvalue weighted by molar-refractivity contribution is -0.134. The molecule has 1 fully saturated rings. The van der Waals surface area contributed by atoms with Gasteiger partial charge < -0.3 is 14.5 Å². The van der Waals surface area contributed by atoms with Gasteiger partial charge in [0.25, 0.3) is 0 Å². The summed E-state index contributed by atoms with van der Waals surface area (Å²) in [4.78, 5) is 18.2. The van der Waals surface area contributed by atoms with Gasteiger partial charge in [-0.15, -0.1) is 0 Å². The minimum absolute atomic E-state index is 0.0963. The van der Waals surface area contributed by atoms with Gasteiger partial charge in [0.05, 0.1) is 6.10 Å². The number of aryl methyl sites for hydroxylation is 2. The molecule has 1 aromatic heterocycles. The van der Waals surface area contributed by atoms with Gasteiger partial charge in [0.1, 0.15) is 0 Å². The number of piperidine rings is 1. The number of carbonyl (C=O) groups is 1. The van der Waals surface area contributed by atoms with Crippen LogP contribution in [0.25, 0.3) is 0 Å². The summed E-state index contributed by atoms with van der Waals surface area (Å²) in [5.41, 5.74) is 0. The molecule has 0 spiro atoms. The lowest BCUT2D eigenvalue weighted by Crippen LogP contribution is -2.45. The van der Waals surface area contributed by atoms with Crippen molar-refractivity contribution in [3.05, 3.63) is 11.7 Å². The second-order valence-corrected chi connectivity index (χ2v) is 5.53. The average Bonchev–Trinajstić information content (AvgIpc) is 2.87. The Balaban J connectivity index is 1.79. The zero-order valence-corrected chi connectivity index (χ0v) is 12.2. The van der Waals surface area contributed by atoms with E-state index in [9.17, 15) is 9.90 Å². The molecule has 2 atom stereocenters. The molecule has 2 unspecified atom stereocenters. The van der Waals surface area contributed by atoms with E-state index in [-0.39, 0.29) is 17.9 Å². The van der Waals surface area contributed by atoms with Crippen molar-refractivity contribution in [2.24, 2.45) is 5.92 Å². The molecule has 0 bridgehead atoms. The molecular formula is C14H23N3O3. The predicted molar refractivity (Wildman–Crippen MR) is 73.0 cm³/mol. The molecule has 2 rings (SSSR count). The Morgan fingerprint density at radius 1 is 1.50 bits per heavy atom. The molecule has 112 valence electrons. The van der Waals surface area contributed by atoms with Crippen LogP contribution in [0.2, 0.25) is 0 Å². The normalized spacial score (nSPS) is 23.1. The van der Waals surface area contributed by atoms with Crippen LogP contribution in [-0.2, 0) is 17.6 Å². The standard InChI is InChI=1S/C14H23N3O3/c1-3-4-12-15-13(20-16-12)5-6-14(19)17-8-7-11(18)10(2)9-17/h10-11,18H,3-9H2,1-2H3. The fraction of sp³-hybridized carbons (Fsp3) is 0.786. The van der Waals surface area contributed by atoms with Crippen molar-refractivity contribution in [1.82, 2.24) is 15.0 Å². The molecule has 1 aliphatic rings. The first-order valence-corrected chi connectivity index (χ1v) is 7.37. The van der Waals surface area contributed by atoms with Gasteiger partial charge >= 0.3 is 0 Å². The number of aliphatic hydroxyl groups is 1. The summed E-state index contributed by atoms with van der Waals surface area (Å²) in [6, 6.07) is 0. The van der Waals surface area contributed by atoms with E-state index >= 15 is 0 Å². The third-order valence-electron chi connectivity index (χ3n) is 3.75. The Labute approximate surface area is 119 Å². The predicted octanol–water partition coefficient (Wildman–Crippen LogP) is 1.18. The maximum Gasteiger partial charge on any atom is 0.227 e. The molecule has 1 aliphatic heterocycles. The smallest absolute Gasteiger partial charge is 0.227 e. The van der Waals surface area contributed by atoms with Crippen molar-refractivity contribution in [2.45, 2.75) is 52.1 Å². The molecule has 1 amide bonds. The van der Waals surface area contributed by atoms with E-state index in [1.54, 1.807) is 0 Å². The minimum Gasteiger partial charge on any atom is -0.393 e. The lowest BCUT2D eigenvalue weighted by atomic mass is 9.96. The van der Waals surface area contributed by atoms with Crippen LogP contribution >= 0.6 is 0 Å². The third-order valence-corrected chi connectivity index (χ3v) is 3.75. The van der Waals surface area contributed by atoms with Crippen LogP contribution in [0.1, 0.15) is 44.8 Å². The molecule has 20 heavy (non-hydrogen) atoms. The molecule has 1 N–H and O–H groups in total. The highest BCUT2D eigenvalue weighted by Gasteiger charge is 2.27. The van der Waals surface area contributed by atoms with E-state index in [1.807, 2.05) is 11.8 Å². The Morgan fingerprint density at radius 2 is 2.30 bits per heavy atom. The highest BCUT2D eigenvalue weighted by molar-refractivity contribution is 5.76. The first-order chi connectivity index (χ1) is 9.60. The van der Waals surface area contributed by atoms with Crippen molar-refractivity contribution in [1.29, 1.82) is 0 Å². The maximum absolute atomic E-state index is 12.1. The molecule has 6 heteroatoms. The summed E-state index contributed by atoms with van der Waals surface area (Å²) in [5.74, 6) is 1.49. The van der Waals surface area contributed by atoms with Crippen LogP contribution in [0.5, 0.6) is 0 Å². The van der Waals surface area contributed by atoms with Gasteiger partial charge in [-0.05, 0) is 18.8 Å². The summed E-state index contributed by atoms with van der Waals surface area (Å²) in [7, 11) is 0. The first kappa shape index (κ1) is 15.0. The quantitative estimate of drug-likeness (QED) is 0.876. The van der Waals surface area contributed by atoms with E-state index in [2.05, 4.69) is 17.1 Å². The zero-order valence-electron chi connectivity index (χ0n) is 12.2. The topological polar surface area (TPSA) is 79.5 Å². The fourth-order valence-corrected chi connectivity index (χ4v) is 2.45. The van der Waals surface area contributed by atoms with E-state index < -0.39 is 0 Å². The van der Waals surface area contributed by atoms with E-state index in [0.717, 1.165) is 12.8 Å². The van der Waals surface area contributed by atoms with E-state index in [1.165, 1.54) is 0 Å². The maximum atomic E-state index is 12.1. The van der Waals surface area contributed by atoms with E-state index in [4.69, 9.17) is 4.52 Å². The summed E-state index contributed by atoms with van der Waals surface area (Å²) in [6.45, 7) is 5.30. The zero-order chi connectivity index (χ0) is 14.5. The lowest BCUT2D eigenvalue weighted by Gasteiger charge is -2.34. The highest BCUT2D eigenvalue weighted by Crippen LogP contribution is 2.17. The Morgan fingerprint density at radius 3 is 3.00 bits per heavy atom. The molecular weight excluding hydrogens is 258 g/mol. The monoisotopic (exact) mass is 281 g/mol. The SMILES string of the molecule is CCCc1noc(CCC(=O)N2CCC(O)C(C)C2)n1. The van der Waals surface area contributed by atoms with Crippen molar-refractivity contribution in [3.8, 4) is 0 Å². The summed E-state index contributed by atoms with van der Waals surface area (Å²) in [6.07, 6.45) is 3.03. The number of aromatic nitrogens is 2. The van der Waals surface area contributed by atoms with Gasteiger partial charge in [0.2, 0.25) is 11.8 Å². The van der Waals surface area contributed by atoms with Crippen LogP contribution in [0, 0.1) is 5.92 Å². The molecule has 0 radical (unpaired) electrons. The summed E-state index contributed by atoms with van der Waals surface area (Å²) < 4.78 is 5.12. The number of nitrogens with zero attached hydrogens (tertiary/aromatic N) is 3. The van der Waals surface area contributed by atoms with Gasteiger partial charge in [-0.1, -0.05) is 19.0 Å². The van der Waals surface area contributed by atoms with Crippen molar-refractivity contribution in [3.63, 3.8) is 0 Å². The van der Waals surface area contributed by atoms with Crippen molar-refractivity contribution in [2.75, 3.05) is 13.1 Å². The molecule has 0 aliphatic carbocycles. The number of hydrogen-bond donors (Lipinski definition) is 1. The highest BCUT2D eigenvalue weighted by atomic mass is 16.5. The second kappa shape index (κ2) is 6.83. The van der Waals surface area contributed by atoms with Crippen LogP contribution in [-0.4, -0.2) is 45.2 Å². The number of amides is 1. The second-order valence-electron chi connectivity index (χ2n) is 5.53. The fourth-order valence-electron chi connectivity index (χ4n) is 2.45. The Hall–Kier alpha value is -1.43. The summed E-state index contributed by atoms with van der Waals surface area (Å²) >= 11 is 0. The van der Waals surface area contributed by atoms with Crippen molar-refractivity contribution < 1.29 is 14.4 Å². The van der Waals surface area contributed by atoms with Crippen LogP contribution in [0.3, 0.4) is 0 Å². The number of likely N-dealkylation sites (tertiary alicyclic amines) is 1. The van der Waals surface area contributed by atoms with Gasteiger partial charge in [-0.25, -0.2) is 0 Å². The molecule has 1 saturated heterocycles. The third kappa shape index (κ3) is 3.79. The average molecular weight is 281 g/mol. The Bertz CT molecular complexity index is 447. The van der Waals surface area contributed by atoms with Crippen LogP contribution in [0.4, 0.5) is 0 Å². The molecule has 0 aromatic carbocycles. The largest absolute Gasteiger partial charge is 0.393 e. The van der Waals surface area contributed by atoms with Gasteiger partial charge in [-0.2, -0.15) is 4.98 Å². The van der Waals surface area contributed by atoms with Gasteiger partial charge in [0.15, 0.2) is 5.82 Å². The first-order valence-electron chi connectivity index (χ1n) is 7.37. The van der Waals surface area contributed by atoms with Crippen LogP contribution in [0.15, 0.2) is 4.52 Å². The number of carbonyl (C=O) groups excluding carboxylic acids is 1. The molecule has 1 aromatic rings. The molecule has 2 heterocycles. The van der Waals surface area contributed by atoms with Crippen molar-refractivity contribution >= 4 is 5.91 Å². The molecule has 6 nitrogen and oxygen atoms in total.